The van der Waals surface area contributed by atoms with Crippen molar-refractivity contribution >= 4 is 35.0 Å². The zero-order valence-corrected chi connectivity index (χ0v) is 19.0. The molecule has 170 valence electrons. The monoisotopic (exact) mass is 456 g/mol. The zero-order valence-electron chi connectivity index (χ0n) is 18.2. The van der Waals surface area contributed by atoms with E-state index >= 15 is 0 Å². The Bertz CT molecular complexity index is 1050. The zero-order chi connectivity index (χ0) is 22.2. The number of nitrogens with zero attached hydrogens (tertiary/aromatic N) is 1. The van der Waals surface area contributed by atoms with Gasteiger partial charge in [-0.15, -0.1) is 12.4 Å². The lowest BCUT2D eigenvalue weighted by Gasteiger charge is -2.18. The van der Waals surface area contributed by atoms with Crippen molar-refractivity contribution in [1.29, 1.82) is 0 Å². The van der Waals surface area contributed by atoms with E-state index in [2.05, 4.69) is 59.9 Å². The summed E-state index contributed by atoms with van der Waals surface area (Å²) >= 11 is 0. The molecule has 0 bridgehead atoms. The molecule has 32 heavy (non-hydrogen) atoms. The fourth-order valence-corrected chi connectivity index (χ4v) is 3.39. The molecule has 3 aromatic carbocycles. The van der Waals surface area contributed by atoms with Crippen LogP contribution in [0.15, 0.2) is 60.7 Å². The predicted molar refractivity (Wildman–Crippen MR) is 128 cm³/mol. The van der Waals surface area contributed by atoms with Gasteiger partial charge < -0.3 is 0 Å². The molecule has 3 aromatic rings. The van der Waals surface area contributed by atoms with Crippen LogP contribution >= 0.6 is 12.4 Å². The van der Waals surface area contributed by atoms with Gasteiger partial charge in [0.25, 0.3) is 11.8 Å². The Morgan fingerprint density at radius 2 is 1.34 bits per heavy atom. The summed E-state index contributed by atoms with van der Waals surface area (Å²) in [6.45, 7) is 7.85. The van der Waals surface area contributed by atoms with E-state index in [0.29, 0.717) is 12.1 Å². The fourth-order valence-electron chi connectivity index (χ4n) is 3.39. The summed E-state index contributed by atoms with van der Waals surface area (Å²) in [5, 5.41) is 11.0. The van der Waals surface area contributed by atoms with E-state index in [-0.39, 0.29) is 23.9 Å². The van der Waals surface area contributed by atoms with Crippen LogP contribution in [0.25, 0.3) is 10.8 Å². The van der Waals surface area contributed by atoms with Crippen molar-refractivity contribution in [2.24, 2.45) is 0 Å². The van der Waals surface area contributed by atoms with Gasteiger partial charge in [0.15, 0.2) is 0 Å². The molecule has 0 fully saturated rings. The van der Waals surface area contributed by atoms with Crippen LogP contribution in [0.2, 0.25) is 0 Å². The summed E-state index contributed by atoms with van der Waals surface area (Å²) in [5.41, 5.74) is 10.2. The Hall–Kier alpha value is -2.97. The lowest BCUT2D eigenvalue weighted by Crippen LogP contribution is -2.36. The number of halogens is 1. The number of carbonyl (C=O) groups excluding carboxylic acids is 2. The van der Waals surface area contributed by atoms with E-state index in [1.165, 1.54) is 35.2 Å². The molecule has 0 saturated heterocycles. The Morgan fingerprint density at radius 3 is 1.91 bits per heavy atom. The summed E-state index contributed by atoms with van der Waals surface area (Å²) in [7, 11) is 0. The van der Waals surface area contributed by atoms with E-state index in [0.717, 1.165) is 30.6 Å². The largest absolute Gasteiger partial charge is 0.300 e. The molecule has 8 heteroatoms. The summed E-state index contributed by atoms with van der Waals surface area (Å²) in [6.07, 6.45) is 0. The highest BCUT2D eigenvalue weighted by atomic mass is 35.5. The molecule has 2 amide bonds. The number of benzene rings is 3. The number of carbonyl (C=O) groups is 2. The third kappa shape index (κ3) is 6.51. The number of hydroxylamine groups is 1. The van der Waals surface area contributed by atoms with Crippen molar-refractivity contribution < 1.29 is 14.8 Å². The lowest BCUT2D eigenvalue weighted by atomic mass is 10.0. The molecule has 0 aliphatic rings. The predicted octanol–water partition coefficient (Wildman–Crippen LogP) is 3.66. The van der Waals surface area contributed by atoms with E-state index in [4.69, 9.17) is 5.21 Å². The van der Waals surface area contributed by atoms with Crippen molar-refractivity contribution in [3.8, 4) is 0 Å². The second kappa shape index (κ2) is 12.2. The number of amides is 2. The third-order valence-corrected chi connectivity index (χ3v) is 5.27. The van der Waals surface area contributed by atoms with Gasteiger partial charge >= 0.3 is 0 Å². The first-order valence-corrected chi connectivity index (χ1v) is 10.4. The van der Waals surface area contributed by atoms with E-state index in [1.807, 2.05) is 6.07 Å². The van der Waals surface area contributed by atoms with Crippen LogP contribution in [0.5, 0.6) is 0 Å². The minimum Gasteiger partial charge on any atom is -0.300 e. The molecule has 0 heterocycles. The van der Waals surface area contributed by atoms with Crippen molar-refractivity contribution in [2.75, 3.05) is 13.1 Å². The fraction of sp³-hybridized carbons (Fsp3) is 0.250. The standard InChI is InChI=1S/C24H28N4O3.ClH/c1-3-28(4-2)16-18-6-8-21-13-17(5-7-22(21)14-18)15-25-26-23(29)19-9-11-20(12-10-19)24(30)27-31;/h5-14,25,31H,3-4,15-16H2,1-2H3,(H,26,29)(H,27,30);1H. The summed E-state index contributed by atoms with van der Waals surface area (Å²) in [4.78, 5) is 26.0. The molecule has 0 aliphatic carbocycles. The quantitative estimate of drug-likeness (QED) is 0.291. The van der Waals surface area contributed by atoms with Gasteiger partial charge in [-0.25, -0.2) is 10.9 Å². The molecule has 3 rings (SSSR count). The minimum atomic E-state index is -0.624. The number of rotatable bonds is 9. The lowest BCUT2D eigenvalue weighted by molar-refractivity contribution is 0.0706. The highest BCUT2D eigenvalue weighted by Crippen LogP contribution is 2.19. The maximum atomic E-state index is 12.2. The second-order valence-electron chi connectivity index (χ2n) is 7.30. The highest BCUT2D eigenvalue weighted by molar-refractivity contribution is 5.97. The van der Waals surface area contributed by atoms with Crippen LogP contribution in [-0.4, -0.2) is 35.0 Å². The Labute approximate surface area is 194 Å². The van der Waals surface area contributed by atoms with Gasteiger partial charge in [-0.05, 0) is 71.4 Å². The van der Waals surface area contributed by atoms with Crippen molar-refractivity contribution in [2.45, 2.75) is 26.9 Å². The van der Waals surface area contributed by atoms with Crippen LogP contribution in [-0.2, 0) is 13.1 Å². The average Bonchev–Trinajstić information content (AvgIpc) is 2.82. The van der Waals surface area contributed by atoms with Crippen LogP contribution < -0.4 is 16.3 Å². The number of nitrogens with one attached hydrogen (secondary N) is 3. The molecular formula is C24H29ClN4O3. The normalized spacial score (nSPS) is 10.6. The van der Waals surface area contributed by atoms with Crippen LogP contribution in [0, 0.1) is 0 Å². The van der Waals surface area contributed by atoms with Crippen LogP contribution in [0.3, 0.4) is 0 Å². The molecule has 0 radical (unpaired) electrons. The molecule has 0 atom stereocenters. The van der Waals surface area contributed by atoms with Gasteiger partial charge in [0.2, 0.25) is 0 Å². The first kappa shape index (κ1) is 25.3. The molecule has 4 N–H and O–H groups in total. The second-order valence-corrected chi connectivity index (χ2v) is 7.30. The molecule has 0 unspecified atom stereocenters. The first-order valence-electron chi connectivity index (χ1n) is 10.4. The van der Waals surface area contributed by atoms with Gasteiger partial charge in [-0.3, -0.25) is 25.1 Å². The Morgan fingerprint density at radius 1 is 0.812 bits per heavy atom. The number of fused-ring (bicyclic) bond motifs is 1. The van der Waals surface area contributed by atoms with Gasteiger partial charge in [-0.2, -0.15) is 0 Å². The maximum Gasteiger partial charge on any atom is 0.274 e. The topological polar surface area (TPSA) is 93.7 Å². The van der Waals surface area contributed by atoms with E-state index < -0.39 is 5.91 Å². The molecule has 7 nitrogen and oxygen atoms in total. The van der Waals surface area contributed by atoms with Crippen molar-refractivity contribution in [3.05, 3.63) is 82.9 Å². The highest BCUT2D eigenvalue weighted by Gasteiger charge is 2.08. The number of hydrogen-bond acceptors (Lipinski definition) is 5. The van der Waals surface area contributed by atoms with E-state index in [1.54, 1.807) is 5.48 Å². The first-order chi connectivity index (χ1) is 15.0. The average molecular weight is 457 g/mol. The van der Waals surface area contributed by atoms with Gasteiger partial charge in [0, 0.05) is 24.2 Å². The molecule has 0 spiro atoms. The van der Waals surface area contributed by atoms with Gasteiger partial charge in [0.05, 0.1) is 0 Å². The molecule has 0 aliphatic heterocycles. The van der Waals surface area contributed by atoms with Gasteiger partial charge in [-0.1, -0.05) is 38.1 Å². The Balaban J connectivity index is 0.00000363. The smallest absolute Gasteiger partial charge is 0.274 e. The molecular weight excluding hydrogens is 428 g/mol. The van der Waals surface area contributed by atoms with Crippen LogP contribution in [0.4, 0.5) is 0 Å². The number of hydrazine groups is 1. The molecule has 0 saturated carbocycles. The molecule has 0 aromatic heterocycles. The summed E-state index contributed by atoms with van der Waals surface area (Å²) in [6, 6.07) is 18.8. The van der Waals surface area contributed by atoms with E-state index in [9.17, 15) is 9.59 Å². The SMILES string of the molecule is CCN(CC)Cc1ccc2cc(CNNC(=O)c3ccc(C(=O)NO)cc3)ccc2c1.Cl. The van der Waals surface area contributed by atoms with Gasteiger partial charge in [0.1, 0.15) is 0 Å². The maximum absolute atomic E-state index is 12.2. The summed E-state index contributed by atoms with van der Waals surface area (Å²) < 4.78 is 0. The number of hydrogen-bond donors (Lipinski definition) is 4. The minimum absolute atomic E-state index is 0. The van der Waals surface area contributed by atoms with Crippen molar-refractivity contribution in [1.82, 2.24) is 21.2 Å². The summed E-state index contributed by atoms with van der Waals surface area (Å²) in [5.74, 6) is -0.931. The van der Waals surface area contributed by atoms with Crippen LogP contribution in [0.1, 0.15) is 45.7 Å². The van der Waals surface area contributed by atoms with Crippen molar-refractivity contribution in [3.63, 3.8) is 0 Å². The third-order valence-electron chi connectivity index (χ3n) is 5.27. The Kier molecular flexibility index (Phi) is 9.61.